The number of hydrogen-bond donors (Lipinski definition) is 1. The standard InChI is InChI=1S/C24H23ClFN5O3/c1-4-31-22-21(15(3)28-31)29(13-20(32)27-19-11-17(25)8-5-14(19)2)24(34)30(23(22)33)12-16-6-9-18(26)10-7-16/h5-11H,4,12-13H2,1-3H3,(H,27,32). The highest BCUT2D eigenvalue weighted by molar-refractivity contribution is 6.31. The first kappa shape index (κ1) is 23.4. The van der Waals surface area contributed by atoms with E-state index in [1.807, 2.05) is 13.8 Å². The van der Waals surface area contributed by atoms with Gasteiger partial charge in [-0.25, -0.2) is 9.18 Å². The van der Waals surface area contributed by atoms with E-state index in [9.17, 15) is 18.8 Å². The molecule has 2 aromatic heterocycles. The van der Waals surface area contributed by atoms with Crippen LogP contribution in [0.2, 0.25) is 5.02 Å². The van der Waals surface area contributed by atoms with Crippen molar-refractivity contribution in [2.45, 2.75) is 40.4 Å². The molecule has 34 heavy (non-hydrogen) atoms. The van der Waals surface area contributed by atoms with E-state index >= 15 is 0 Å². The van der Waals surface area contributed by atoms with Gasteiger partial charge in [0.05, 0.1) is 12.2 Å². The number of fused-ring (bicyclic) bond motifs is 1. The highest BCUT2D eigenvalue weighted by atomic mass is 35.5. The molecule has 0 fully saturated rings. The number of anilines is 1. The van der Waals surface area contributed by atoms with E-state index in [-0.39, 0.29) is 18.6 Å². The number of hydrogen-bond acceptors (Lipinski definition) is 4. The average molecular weight is 484 g/mol. The minimum Gasteiger partial charge on any atom is -0.324 e. The molecule has 0 radical (unpaired) electrons. The van der Waals surface area contributed by atoms with E-state index in [0.29, 0.717) is 34.0 Å². The second-order valence-corrected chi connectivity index (χ2v) is 8.43. The minimum atomic E-state index is -0.654. The van der Waals surface area contributed by atoms with E-state index in [2.05, 4.69) is 10.4 Å². The van der Waals surface area contributed by atoms with Crippen LogP contribution in [0, 0.1) is 19.7 Å². The van der Waals surface area contributed by atoms with Crippen LogP contribution in [0.15, 0.2) is 52.1 Å². The molecular weight excluding hydrogens is 461 g/mol. The molecule has 4 aromatic rings. The Morgan fingerprint density at radius 1 is 1.06 bits per heavy atom. The van der Waals surface area contributed by atoms with Gasteiger partial charge in [-0.15, -0.1) is 0 Å². The Kier molecular flexibility index (Phi) is 6.39. The first-order valence-electron chi connectivity index (χ1n) is 10.7. The van der Waals surface area contributed by atoms with Gasteiger partial charge in [0.25, 0.3) is 5.56 Å². The van der Waals surface area contributed by atoms with Gasteiger partial charge in [-0.2, -0.15) is 5.10 Å². The lowest BCUT2D eigenvalue weighted by atomic mass is 10.2. The van der Waals surface area contributed by atoms with E-state index in [1.54, 1.807) is 25.1 Å². The molecule has 0 atom stereocenters. The lowest BCUT2D eigenvalue weighted by molar-refractivity contribution is -0.116. The zero-order chi connectivity index (χ0) is 24.6. The molecule has 4 rings (SSSR count). The monoisotopic (exact) mass is 483 g/mol. The van der Waals surface area contributed by atoms with Gasteiger partial charge in [-0.3, -0.25) is 23.4 Å². The Bertz CT molecular complexity index is 1520. The molecule has 2 aromatic carbocycles. The molecule has 10 heteroatoms. The highest BCUT2D eigenvalue weighted by Crippen LogP contribution is 2.20. The van der Waals surface area contributed by atoms with E-state index in [4.69, 9.17) is 11.6 Å². The van der Waals surface area contributed by atoms with Crippen molar-refractivity contribution >= 4 is 34.2 Å². The maximum Gasteiger partial charge on any atom is 0.332 e. The van der Waals surface area contributed by atoms with Crippen molar-refractivity contribution in [3.05, 3.63) is 91.0 Å². The SMILES string of the molecule is CCn1nc(C)c2c1c(=O)n(Cc1ccc(F)cc1)c(=O)n2CC(=O)Nc1cc(Cl)ccc1C. The van der Waals surface area contributed by atoms with Crippen molar-refractivity contribution in [1.29, 1.82) is 0 Å². The van der Waals surface area contributed by atoms with E-state index < -0.39 is 23.0 Å². The number of rotatable bonds is 6. The summed E-state index contributed by atoms with van der Waals surface area (Å²) in [5.74, 6) is -0.874. The Morgan fingerprint density at radius 2 is 1.76 bits per heavy atom. The number of nitrogens with zero attached hydrogens (tertiary/aromatic N) is 4. The second kappa shape index (κ2) is 9.26. The number of nitrogens with one attached hydrogen (secondary N) is 1. The van der Waals surface area contributed by atoms with Crippen LogP contribution in [-0.4, -0.2) is 24.8 Å². The minimum absolute atomic E-state index is 0.0726. The van der Waals surface area contributed by atoms with Crippen LogP contribution in [0.5, 0.6) is 0 Å². The molecule has 2 heterocycles. The van der Waals surface area contributed by atoms with Gasteiger partial charge >= 0.3 is 5.69 Å². The third-order valence-electron chi connectivity index (χ3n) is 5.60. The van der Waals surface area contributed by atoms with Crippen LogP contribution in [0.3, 0.4) is 0 Å². The molecule has 1 amide bonds. The van der Waals surface area contributed by atoms with Crippen molar-refractivity contribution in [3.8, 4) is 0 Å². The summed E-state index contributed by atoms with van der Waals surface area (Å²) in [5, 5.41) is 7.64. The number of benzene rings is 2. The number of carbonyl (C=O) groups is 1. The predicted molar refractivity (Wildman–Crippen MR) is 129 cm³/mol. The predicted octanol–water partition coefficient (Wildman–Crippen LogP) is 3.48. The topological polar surface area (TPSA) is 90.9 Å². The average Bonchev–Trinajstić information content (AvgIpc) is 3.14. The lowest BCUT2D eigenvalue weighted by Gasteiger charge is -2.14. The first-order chi connectivity index (χ1) is 16.2. The third kappa shape index (κ3) is 4.38. The van der Waals surface area contributed by atoms with Gasteiger partial charge in [0.2, 0.25) is 5.91 Å². The van der Waals surface area contributed by atoms with Crippen LogP contribution in [0.4, 0.5) is 10.1 Å². The van der Waals surface area contributed by atoms with Crippen LogP contribution in [0.1, 0.15) is 23.7 Å². The Labute approximate surface area is 199 Å². The molecule has 0 unspecified atom stereocenters. The van der Waals surface area contributed by atoms with Crippen LogP contribution in [-0.2, 0) is 24.4 Å². The van der Waals surface area contributed by atoms with E-state index in [0.717, 1.165) is 10.1 Å². The number of aromatic nitrogens is 4. The Hall–Kier alpha value is -3.72. The Morgan fingerprint density at radius 3 is 2.44 bits per heavy atom. The smallest absolute Gasteiger partial charge is 0.324 e. The van der Waals surface area contributed by atoms with Gasteiger partial charge in [-0.05, 0) is 56.2 Å². The maximum absolute atomic E-state index is 13.4. The summed E-state index contributed by atoms with van der Waals surface area (Å²) in [4.78, 5) is 39.7. The summed E-state index contributed by atoms with van der Waals surface area (Å²) in [5.41, 5.74) is 1.75. The summed E-state index contributed by atoms with van der Waals surface area (Å²) in [6, 6.07) is 10.7. The van der Waals surface area contributed by atoms with Crippen molar-refractivity contribution < 1.29 is 9.18 Å². The first-order valence-corrected chi connectivity index (χ1v) is 11.1. The van der Waals surface area contributed by atoms with Gasteiger partial charge in [-0.1, -0.05) is 29.8 Å². The number of aryl methyl sites for hydroxylation is 3. The molecule has 1 N–H and O–H groups in total. The molecule has 176 valence electrons. The molecule has 0 aliphatic carbocycles. The van der Waals surface area contributed by atoms with E-state index in [1.165, 1.54) is 33.5 Å². The quantitative estimate of drug-likeness (QED) is 0.454. The number of amides is 1. The van der Waals surface area contributed by atoms with Crippen LogP contribution >= 0.6 is 11.6 Å². The molecule has 8 nitrogen and oxygen atoms in total. The van der Waals surface area contributed by atoms with Gasteiger partial charge in [0.15, 0.2) is 5.52 Å². The van der Waals surface area contributed by atoms with Crippen molar-refractivity contribution in [2.75, 3.05) is 5.32 Å². The second-order valence-electron chi connectivity index (χ2n) is 7.99. The normalized spacial score (nSPS) is 11.2. The van der Waals surface area contributed by atoms with Gasteiger partial charge < -0.3 is 5.32 Å². The summed E-state index contributed by atoms with van der Waals surface area (Å²) < 4.78 is 17.1. The fourth-order valence-corrected chi connectivity index (χ4v) is 4.08. The summed E-state index contributed by atoms with van der Waals surface area (Å²) in [6.07, 6.45) is 0. The summed E-state index contributed by atoms with van der Waals surface area (Å²) >= 11 is 6.05. The zero-order valence-corrected chi connectivity index (χ0v) is 19.7. The van der Waals surface area contributed by atoms with Crippen LogP contribution in [0.25, 0.3) is 11.0 Å². The fraction of sp³-hybridized carbons (Fsp3) is 0.250. The van der Waals surface area contributed by atoms with Crippen molar-refractivity contribution in [2.24, 2.45) is 0 Å². The number of halogens is 2. The van der Waals surface area contributed by atoms with Gasteiger partial charge in [0, 0.05) is 17.3 Å². The molecule has 0 bridgehead atoms. The molecule has 0 saturated carbocycles. The van der Waals surface area contributed by atoms with Crippen molar-refractivity contribution in [3.63, 3.8) is 0 Å². The fourth-order valence-electron chi connectivity index (χ4n) is 3.91. The number of carbonyl (C=O) groups excluding carboxylic acids is 1. The zero-order valence-electron chi connectivity index (χ0n) is 18.9. The highest BCUT2D eigenvalue weighted by Gasteiger charge is 2.22. The van der Waals surface area contributed by atoms with Crippen molar-refractivity contribution in [1.82, 2.24) is 18.9 Å². The molecule has 0 aliphatic rings. The lowest BCUT2D eigenvalue weighted by Crippen LogP contribution is -2.42. The third-order valence-corrected chi connectivity index (χ3v) is 5.84. The molecule has 0 spiro atoms. The molecular formula is C24H23ClFN5O3. The maximum atomic E-state index is 13.4. The summed E-state index contributed by atoms with van der Waals surface area (Å²) in [7, 11) is 0. The van der Waals surface area contributed by atoms with Crippen LogP contribution < -0.4 is 16.6 Å². The summed E-state index contributed by atoms with van der Waals surface area (Å²) in [6.45, 7) is 5.35. The van der Waals surface area contributed by atoms with Gasteiger partial charge in [0.1, 0.15) is 17.9 Å². The molecule has 0 aliphatic heterocycles. The molecule has 0 saturated heterocycles. The Balaban J connectivity index is 1.83. The largest absolute Gasteiger partial charge is 0.332 e.